The van der Waals surface area contributed by atoms with E-state index < -0.39 is 10.7 Å². The molecule has 6 nitrogen and oxygen atoms in total. The van der Waals surface area contributed by atoms with Crippen molar-refractivity contribution in [1.29, 1.82) is 0 Å². The van der Waals surface area contributed by atoms with Gasteiger partial charge in [0.1, 0.15) is 11.5 Å². The zero-order valence-corrected chi connectivity index (χ0v) is 13.6. The summed E-state index contributed by atoms with van der Waals surface area (Å²) in [4.78, 5) is 26.7. The molecule has 0 aromatic heterocycles. The highest BCUT2D eigenvalue weighted by Gasteiger charge is 2.28. The van der Waals surface area contributed by atoms with Crippen LogP contribution < -0.4 is 4.90 Å². The zero-order chi connectivity index (χ0) is 17.1. The van der Waals surface area contributed by atoms with Crippen molar-refractivity contribution in [1.82, 2.24) is 4.90 Å². The minimum atomic E-state index is -0.474. The molecular formula is C17H22FN3O3. The highest BCUT2D eigenvalue weighted by atomic mass is 19.1. The molecule has 1 aromatic carbocycles. The summed E-state index contributed by atoms with van der Waals surface area (Å²) in [6, 6.07) is 3.56. The Bertz CT molecular complexity index is 624. The monoisotopic (exact) mass is 335 g/mol. The molecule has 1 aromatic rings. The molecule has 0 N–H and O–H groups in total. The number of hydrogen-bond donors (Lipinski definition) is 0. The summed E-state index contributed by atoms with van der Waals surface area (Å²) < 4.78 is 13.5. The molecule has 0 atom stereocenters. The average Bonchev–Trinajstić information content (AvgIpc) is 3.10. The molecule has 2 fully saturated rings. The van der Waals surface area contributed by atoms with Gasteiger partial charge in [-0.3, -0.25) is 14.9 Å². The summed E-state index contributed by atoms with van der Waals surface area (Å²) in [5.74, 6) is 0.0617. The van der Waals surface area contributed by atoms with Crippen LogP contribution in [0.3, 0.4) is 0 Å². The SMILES string of the molecule is O=C(CC1CCN(c2cc(F)ccc2[N+](=O)[O-])CC1)N1CCCC1. The van der Waals surface area contributed by atoms with E-state index in [0.29, 0.717) is 31.1 Å². The van der Waals surface area contributed by atoms with E-state index in [0.717, 1.165) is 44.8 Å². The van der Waals surface area contributed by atoms with E-state index in [1.807, 2.05) is 9.80 Å². The number of hydrogen-bond acceptors (Lipinski definition) is 4. The standard InChI is InChI=1S/C17H22FN3O3/c18-14-3-4-15(21(23)24)16(12-14)19-9-5-13(6-10-19)11-17(22)20-7-1-2-8-20/h3-4,12-13H,1-2,5-11H2. The highest BCUT2D eigenvalue weighted by molar-refractivity contribution is 5.76. The third kappa shape index (κ3) is 3.66. The van der Waals surface area contributed by atoms with Gasteiger partial charge in [0.15, 0.2) is 0 Å². The molecule has 130 valence electrons. The highest BCUT2D eigenvalue weighted by Crippen LogP contribution is 2.33. The fourth-order valence-electron chi connectivity index (χ4n) is 3.62. The van der Waals surface area contributed by atoms with E-state index in [2.05, 4.69) is 0 Å². The van der Waals surface area contributed by atoms with Crippen LogP contribution in [0.15, 0.2) is 18.2 Å². The Hall–Kier alpha value is -2.18. The maximum absolute atomic E-state index is 13.5. The van der Waals surface area contributed by atoms with E-state index in [4.69, 9.17) is 0 Å². The molecule has 0 bridgehead atoms. The maximum Gasteiger partial charge on any atom is 0.292 e. The molecule has 0 radical (unpaired) electrons. The number of piperidine rings is 1. The van der Waals surface area contributed by atoms with Crippen LogP contribution in [0, 0.1) is 21.8 Å². The van der Waals surface area contributed by atoms with E-state index in [9.17, 15) is 19.3 Å². The number of nitrogens with zero attached hydrogens (tertiary/aromatic N) is 3. The Balaban J connectivity index is 1.60. The lowest BCUT2D eigenvalue weighted by atomic mass is 9.92. The number of rotatable bonds is 4. The predicted octanol–water partition coefficient (Wildman–Crippen LogP) is 2.96. The van der Waals surface area contributed by atoms with Crippen LogP contribution in [-0.2, 0) is 4.79 Å². The lowest BCUT2D eigenvalue weighted by molar-refractivity contribution is -0.384. The van der Waals surface area contributed by atoms with Crippen molar-refractivity contribution < 1.29 is 14.1 Å². The summed E-state index contributed by atoms with van der Waals surface area (Å²) in [6.45, 7) is 2.96. The summed E-state index contributed by atoms with van der Waals surface area (Å²) in [5, 5.41) is 11.1. The van der Waals surface area contributed by atoms with Gasteiger partial charge in [-0.2, -0.15) is 0 Å². The van der Waals surface area contributed by atoms with Crippen molar-refractivity contribution in [2.45, 2.75) is 32.1 Å². The summed E-state index contributed by atoms with van der Waals surface area (Å²) >= 11 is 0. The summed E-state index contributed by atoms with van der Waals surface area (Å²) in [5.41, 5.74) is 0.271. The molecule has 3 rings (SSSR count). The number of nitro groups is 1. The molecule has 2 heterocycles. The number of amides is 1. The second kappa shape index (κ2) is 7.15. The van der Waals surface area contributed by atoms with Gasteiger partial charge >= 0.3 is 0 Å². The first-order valence-electron chi connectivity index (χ1n) is 8.51. The first-order valence-corrected chi connectivity index (χ1v) is 8.51. The Morgan fingerprint density at radius 2 is 1.88 bits per heavy atom. The predicted molar refractivity (Wildman–Crippen MR) is 88.4 cm³/mol. The number of halogens is 1. The number of carbonyl (C=O) groups is 1. The van der Waals surface area contributed by atoms with Crippen LogP contribution >= 0.6 is 0 Å². The van der Waals surface area contributed by atoms with Gasteiger partial charge in [0.25, 0.3) is 5.69 Å². The van der Waals surface area contributed by atoms with Gasteiger partial charge in [-0.25, -0.2) is 4.39 Å². The second-order valence-corrected chi connectivity index (χ2v) is 6.61. The zero-order valence-electron chi connectivity index (χ0n) is 13.6. The quantitative estimate of drug-likeness (QED) is 0.627. The van der Waals surface area contributed by atoms with Crippen molar-refractivity contribution in [3.05, 3.63) is 34.1 Å². The average molecular weight is 335 g/mol. The van der Waals surface area contributed by atoms with Crippen LogP contribution in [0.4, 0.5) is 15.8 Å². The smallest absolute Gasteiger partial charge is 0.292 e. The molecule has 1 amide bonds. The van der Waals surface area contributed by atoms with Crippen molar-refractivity contribution >= 4 is 17.3 Å². The molecule has 0 spiro atoms. The molecule has 0 unspecified atom stereocenters. The number of likely N-dealkylation sites (tertiary alicyclic amines) is 1. The van der Waals surface area contributed by atoms with E-state index in [-0.39, 0.29) is 11.6 Å². The number of carbonyl (C=O) groups excluding carboxylic acids is 1. The molecule has 2 aliphatic heterocycles. The topological polar surface area (TPSA) is 66.7 Å². The van der Waals surface area contributed by atoms with Crippen molar-refractivity contribution in [3.63, 3.8) is 0 Å². The Morgan fingerprint density at radius 1 is 1.21 bits per heavy atom. The van der Waals surface area contributed by atoms with Crippen LogP contribution in [0.2, 0.25) is 0 Å². The molecule has 2 saturated heterocycles. The van der Waals surface area contributed by atoms with Gasteiger partial charge in [0.2, 0.25) is 5.91 Å². The van der Waals surface area contributed by atoms with Gasteiger partial charge in [0.05, 0.1) is 4.92 Å². The minimum absolute atomic E-state index is 0.0667. The lowest BCUT2D eigenvalue weighted by Crippen LogP contribution is -2.37. The van der Waals surface area contributed by atoms with Gasteiger partial charge in [-0.1, -0.05) is 0 Å². The minimum Gasteiger partial charge on any atom is -0.366 e. The molecule has 0 saturated carbocycles. The summed E-state index contributed by atoms with van der Waals surface area (Å²) in [7, 11) is 0. The Morgan fingerprint density at radius 3 is 2.50 bits per heavy atom. The van der Waals surface area contributed by atoms with Crippen LogP contribution in [0.25, 0.3) is 0 Å². The van der Waals surface area contributed by atoms with E-state index in [1.165, 1.54) is 12.1 Å². The Kier molecular flexibility index (Phi) is 4.97. The third-order valence-electron chi connectivity index (χ3n) is 5.01. The molecule has 0 aliphatic carbocycles. The lowest BCUT2D eigenvalue weighted by Gasteiger charge is -2.33. The largest absolute Gasteiger partial charge is 0.366 e. The normalized spacial score (nSPS) is 18.9. The molecular weight excluding hydrogens is 313 g/mol. The number of anilines is 1. The third-order valence-corrected chi connectivity index (χ3v) is 5.01. The second-order valence-electron chi connectivity index (χ2n) is 6.61. The van der Waals surface area contributed by atoms with Crippen molar-refractivity contribution in [2.24, 2.45) is 5.92 Å². The van der Waals surface area contributed by atoms with Gasteiger partial charge < -0.3 is 9.80 Å². The van der Waals surface area contributed by atoms with E-state index in [1.54, 1.807) is 0 Å². The van der Waals surface area contributed by atoms with Gasteiger partial charge in [-0.05, 0) is 37.7 Å². The number of benzene rings is 1. The molecule has 2 aliphatic rings. The van der Waals surface area contributed by atoms with E-state index >= 15 is 0 Å². The van der Waals surface area contributed by atoms with Gasteiger partial charge in [0, 0.05) is 44.7 Å². The number of nitro benzene ring substituents is 1. The van der Waals surface area contributed by atoms with Crippen molar-refractivity contribution in [2.75, 3.05) is 31.1 Å². The van der Waals surface area contributed by atoms with Gasteiger partial charge in [-0.15, -0.1) is 0 Å². The first kappa shape index (κ1) is 16.7. The summed E-state index contributed by atoms with van der Waals surface area (Å²) in [6.07, 6.45) is 4.33. The fraction of sp³-hybridized carbons (Fsp3) is 0.588. The fourth-order valence-corrected chi connectivity index (χ4v) is 3.62. The Labute approximate surface area is 140 Å². The molecule has 7 heteroatoms. The van der Waals surface area contributed by atoms with Crippen LogP contribution in [-0.4, -0.2) is 41.9 Å². The maximum atomic E-state index is 13.5. The van der Waals surface area contributed by atoms with Crippen molar-refractivity contribution in [3.8, 4) is 0 Å². The molecule has 24 heavy (non-hydrogen) atoms. The van der Waals surface area contributed by atoms with Crippen LogP contribution in [0.5, 0.6) is 0 Å². The van der Waals surface area contributed by atoms with Crippen LogP contribution in [0.1, 0.15) is 32.1 Å². The first-order chi connectivity index (χ1) is 11.5.